The average Bonchev–Trinajstić information content (AvgIpc) is 3.49. The van der Waals surface area contributed by atoms with Crippen molar-refractivity contribution in [3.8, 4) is 0 Å². The van der Waals surface area contributed by atoms with Crippen LogP contribution >= 0.6 is 27.3 Å². The number of nitrogens with zero attached hydrogens (tertiary/aromatic N) is 4. The lowest BCUT2D eigenvalue weighted by Gasteiger charge is -2.46. The number of carbonyl (C=O) groups is 1. The molecule has 1 unspecified atom stereocenters. The van der Waals surface area contributed by atoms with Gasteiger partial charge in [0.1, 0.15) is 5.01 Å². The molecule has 4 rings (SSSR count). The van der Waals surface area contributed by atoms with Crippen LogP contribution < -0.4 is 0 Å². The fourth-order valence-corrected chi connectivity index (χ4v) is 7.62. The van der Waals surface area contributed by atoms with Gasteiger partial charge in [0, 0.05) is 46.1 Å². The molecule has 1 aliphatic rings. The number of hydrogen-bond donors (Lipinski definition) is 1. The largest absolute Gasteiger partial charge is 0.366 e. The molecule has 1 fully saturated rings. The van der Waals surface area contributed by atoms with Crippen LogP contribution in [0.25, 0.3) is 0 Å². The first-order valence-corrected chi connectivity index (χ1v) is 15.5. The first-order chi connectivity index (χ1) is 18.6. The third-order valence-electron chi connectivity index (χ3n) is 7.31. The number of benzene rings is 1. The van der Waals surface area contributed by atoms with Crippen molar-refractivity contribution in [1.82, 2.24) is 19.9 Å². The molecular formula is C31H41BrN4O3S. The Balaban J connectivity index is 1.95. The van der Waals surface area contributed by atoms with E-state index in [2.05, 4.69) is 65.5 Å². The lowest BCUT2D eigenvalue weighted by molar-refractivity contribution is -0.223. The second-order valence-corrected chi connectivity index (χ2v) is 14.9. The van der Waals surface area contributed by atoms with E-state index < -0.39 is 23.5 Å². The van der Waals surface area contributed by atoms with Gasteiger partial charge in [0.2, 0.25) is 0 Å². The molecule has 7 nitrogen and oxygen atoms in total. The molecule has 4 atom stereocenters. The highest BCUT2D eigenvalue weighted by atomic mass is 79.9. The van der Waals surface area contributed by atoms with E-state index in [0.717, 1.165) is 20.7 Å². The van der Waals surface area contributed by atoms with Crippen molar-refractivity contribution >= 4 is 33.2 Å². The van der Waals surface area contributed by atoms with E-state index in [0.29, 0.717) is 18.4 Å². The summed E-state index contributed by atoms with van der Waals surface area (Å²) in [7, 11) is 0. The van der Waals surface area contributed by atoms with Crippen LogP contribution in [0.1, 0.15) is 107 Å². The number of rotatable bonds is 7. The van der Waals surface area contributed by atoms with Gasteiger partial charge >= 0.3 is 0 Å². The van der Waals surface area contributed by atoms with Gasteiger partial charge in [-0.1, -0.05) is 56.6 Å². The second kappa shape index (κ2) is 11.6. The minimum Gasteiger partial charge on any atom is -0.366 e. The summed E-state index contributed by atoms with van der Waals surface area (Å²) in [5.41, 5.74) is 0.662. The zero-order valence-electron chi connectivity index (χ0n) is 24.7. The van der Waals surface area contributed by atoms with Crippen molar-refractivity contribution in [2.45, 2.75) is 103 Å². The lowest BCUT2D eigenvalue weighted by atomic mass is 9.82. The molecule has 40 heavy (non-hydrogen) atoms. The Labute approximate surface area is 250 Å². The second-order valence-electron chi connectivity index (χ2n) is 13.2. The quantitative estimate of drug-likeness (QED) is 0.277. The lowest BCUT2D eigenvalue weighted by Crippen LogP contribution is -2.58. The highest BCUT2D eigenvalue weighted by molar-refractivity contribution is 9.10. The molecule has 3 heterocycles. The van der Waals surface area contributed by atoms with Gasteiger partial charge < -0.3 is 14.7 Å². The van der Waals surface area contributed by atoms with E-state index in [4.69, 9.17) is 4.74 Å². The summed E-state index contributed by atoms with van der Waals surface area (Å²) in [4.78, 5) is 30.4. The van der Waals surface area contributed by atoms with E-state index in [1.165, 1.54) is 11.3 Å². The number of aliphatic hydroxyl groups excluding tert-OH is 1. The van der Waals surface area contributed by atoms with Crippen molar-refractivity contribution in [3.05, 3.63) is 74.7 Å². The van der Waals surface area contributed by atoms with E-state index in [-0.39, 0.29) is 23.2 Å². The molecule has 0 spiro atoms. The molecule has 1 aromatic carbocycles. The molecule has 216 valence electrons. The van der Waals surface area contributed by atoms with E-state index >= 15 is 0 Å². The molecular weight excluding hydrogens is 588 g/mol. The van der Waals surface area contributed by atoms with Gasteiger partial charge in [-0.15, -0.1) is 11.3 Å². The number of carbonyl (C=O) groups excluding carboxylic acids is 1. The molecule has 1 aliphatic heterocycles. The van der Waals surface area contributed by atoms with E-state index in [1.54, 1.807) is 24.8 Å². The number of aliphatic hydroxyl groups is 1. The summed E-state index contributed by atoms with van der Waals surface area (Å²) < 4.78 is 7.16. The summed E-state index contributed by atoms with van der Waals surface area (Å²) in [6, 6.07) is 5.34. The molecule has 3 aromatic rings. The van der Waals surface area contributed by atoms with Gasteiger partial charge in [0.25, 0.3) is 5.91 Å². The van der Waals surface area contributed by atoms with Crippen LogP contribution in [0.2, 0.25) is 0 Å². The van der Waals surface area contributed by atoms with Crippen LogP contribution in [0, 0.1) is 5.92 Å². The molecule has 1 amide bonds. The Morgan fingerprint density at radius 1 is 1.18 bits per heavy atom. The molecule has 9 heteroatoms. The number of hydrogen-bond acceptors (Lipinski definition) is 7. The number of aromatic nitrogens is 3. The Bertz CT molecular complexity index is 1300. The SMILES string of the molecule is CC(C)C[C@@]1(C(O)OC(C)(C)C)C[C@H](c2cnccn2)[C@H](c2nccs2)N1C(=O)c1ccc(C(C)(C)C)c(Br)c1. The number of likely N-dealkylation sites (tertiary alicyclic amines) is 1. The number of halogens is 1. The monoisotopic (exact) mass is 628 g/mol. The molecule has 1 N–H and O–H groups in total. The van der Waals surface area contributed by atoms with Crippen molar-refractivity contribution in [2.24, 2.45) is 5.92 Å². The molecule has 1 saturated heterocycles. The van der Waals surface area contributed by atoms with Gasteiger partial charge in [0.15, 0.2) is 6.29 Å². The normalized spacial score (nSPS) is 22.6. The number of amides is 1. The molecule has 0 saturated carbocycles. The summed E-state index contributed by atoms with van der Waals surface area (Å²) in [5, 5.41) is 14.7. The van der Waals surface area contributed by atoms with Crippen molar-refractivity contribution in [3.63, 3.8) is 0 Å². The molecule has 0 bridgehead atoms. The Hall–Kier alpha value is -2.20. The maximum atomic E-state index is 14.8. The van der Waals surface area contributed by atoms with Crippen molar-refractivity contribution in [1.29, 1.82) is 0 Å². The molecule has 0 aliphatic carbocycles. The minimum absolute atomic E-state index is 0.0906. The van der Waals surface area contributed by atoms with Gasteiger partial charge in [0.05, 0.1) is 22.9 Å². The summed E-state index contributed by atoms with van der Waals surface area (Å²) in [6.07, 6.45) is 6.59. The Morgan fingerprint density at radius 3 is 2.42 bits per heavy atom. The fourth-order valence-electron chi connectivity index (χ4n) is 5.86. The highest BCUT2D eigenvalue weighted by Gasteiger charge is 2.60. The van der Waals surface area contributed by atoms with Crippen LogP contribution in [-0.4, -0.2) is 48.3 Å². The Morgan fingerprint density at radius 2 is 1.90 bits per heavy atom. The summed E-state index contributed by atoms with van der Waals surface area (Å²) >= 11 is 5.23. The molecule has 2 aromatic heterocycles. The maximum absolute atomic E-state index is 14.8. The predicted octanol–water partition coefficient (Wildman–Crippen LogP) is 7.28. The predicted molar refractivity (Wildman–Crippen MR) is 162 cm³/mol. The van der Waals surface area contributed by atoms with E-state index in [1.807, 2.05) is 49.3 Å². The third kappa shape index (κ3) is 6.32. The van der Waals surface area contributed by atoms with Crippen LogP contribution in [0.4, 0.5) is 0 Å². The fraction of sp³-hybridized carbons (Fsp3) is 0.548. The standard InChI is InChI=1S/C31H41BrN4O3S/c1-19(2)16-31(28(38)39-30(6,7)8)17-21(24-18-33-11-12-34-24)25(26-35-13-14-40-26)36(31)27(37)20-9-10-22(23(32)15-20)29(3,4)5/h9-15,18-19,21,25,28,38H,16-17H2,1-8H3/t21-,25-,28?,31+/m1/s1. The van der Waals surface area contributed by atoms with Gasteiger partial charge in [-0.25, -0.2) is 4.98 Å². The van der Waals surface area contributed by atoms with E-state index in [9.17, 15) is 9.90 Å². The molecule has 0 radical (unpaired) electrons. The van der Waals surface area contributed by atoms with Crippen molar-refractivity contribution < 1.29 is 14.6 Å². The maximum Gasteiger partial charge on any atom is 0.255 e. The smallest absolute Gasteiger partial charge is 0.255 e. The van der Waals surface area contributed by atoms with Crippen LogP contribution in [0.3, 0.4) is 0 Å². The van der Waals surface area contributed by atoms with Gasteiger partial charge in [-0.2, -0.15) is 0 Å². The van der Waals surface area contributed by atoms with Gasteiger partial charge in [-0.05, 0) is 62.6 Å². The summed E-state index contributed by atoms with van der Waals surface area (Å²) in [5.74, 6) is -0.246. The number of ether oxygens (including phenoxy) is 1. The first-order valence-electron chi connectivity index (χ1n) is 13.8. The summed E-state index contributed by atoms with van der Waals surface area (Å²) in [6.45, 7) is 16.4. The van der Waals surface area contributed by atoms with Crippen molar-refractivity contribution in [2.75, 3.05) is 0 Å². The number of thiazole rings is 1. The van der Waals surface area contributed by atoms with Gasteiger partial charge in [-0.3, -0.25) is 14.8 Å². The average molecular weight is 630 g/mol. The first kappa shape index (κ1) is 30.8. The minimum atomic E-state index is -1.24. The topological polar surface area (TPSA) is 88.4 Å². The zero-order chi connectivity index (χ0) is 29.5. The Kier molecular flexibility index (Phi) is 8.91. The van der Waals surface area contributed by atoms with Crippen LogP contribution in [0.5, 0.6) is 0 Å². The highest BCUT2D eigenvalue weighted by Crippen LogP contribution is 2.56. The van der Waals surface area contributed by atoms with Crippen LogP contribution in [0.15, 0.2) is 52.8 Å². The third-order valence-corrected chi connectivity index (χ3v) is 8.81. The van der Waals surface area contributed by atoms with Crippen LogP contribution in [-0.2, 0) is 10.2 Å². The zero-order valence-corrected chi connectivity index (χ0v) is 27.1.